The zero-order valence-corrected chi connectivity index (χ0v) is 14.0. The number of nitro groups is 1. The minimum absolute atomic E-state index is 0.0815. The van der Waals surface area contributed by atoms with Crippen LogP contribution in [0, 0.1) is 10.1 Å². The van der Waals surface area contributed by atoms with E-state index in [4.69, 9.17) is 24.6 Å². The SMILES string of the molecule is O=C(c1ccccc1)c1ccc([N+](=O)[O-])cc1Cl.O=S(=O)(O)C(F)(F)F. The molecule has 0 heterocycles. The summed E-state index contributed by atoms with van der Waals surface area (Å²) < 4.78 is 57.5. The summed E-state index contributed by atoms with van der Waals surface area (Å²) in [6, 6.07) is 12.4. The number of non-ortho nitro benzene ring substituents is 1. The van der Waals surface area contributed by atoms with Crippen LogP contribution in [0.1, 0.15) is 15.9 Å². The molecule has 0 radical (unpaired) electrons. The van der Waals surface area contributed by atoms with Gasteiger partial charge in [-0.3, -0.25) is 19.5 Å². The van der Waals surface area contributed by atoms with Crippen molar-refractivity contribution >= 4 is 33.2 Å². The molecule has 0 saturated heterocycles. The minimum atomic E-state index is -5.84. The van der Waals surface area contributed by atoms with Crippen LogP contribution >= 0.6 is 11.6 Å². The highest BCUT2D eigenvalue weighted by Gasteiger charge is 2.44. The first-order chi connectivity index (χ1) is 11.8. The number of halogens is 4. The lowest BCUT2D eigenvalue weighted by Gasteiger charge is -2.03. The Balaban J connectivity index is 0.000000359. The maximum absolute atomic E-state index is 12.1. The Bertz CT molecular complexity index is 916. The Morgan fingerprint density at radius 1 is 1.12 bits per heavy atom. The fourth-order valence-corrected chi connectivity index (χ4v) is 1.81. The highest BCUT2D eigenvalue weighted by atomic mass is 35.5. The summed E-state index contributed by atoms with van der Waals surface area (Å²) in [6.07, 6.45) is 0. The van der Waals surface area contributed by atoms with Gasteiger partial charge in [-0.05, 0) is 6.07 Å². The molecule has 26 heavy (non-hydrogen) atoms. The van der Waals surface area contributed by atoms with Gasteiger partial charge in [0.1, 0.15) is 0 Å². The molecule has 0 atom stereocenters. The summed E-state index contributed by atoms with van der Waals surface area (Å²) in [5.41, 5.74) is -4.92. The molecule has 12 heteroatoms. The van der Waals surface area contributed by atoms with Crippen LogP contribution in [-0.4, -0.2) is 29.2 Å². The molecule has 0 aromatic heterocycles. The standard InChI is InChI=1S/C13H8ClNO3.CHF3O3S/c14-12-8-10(15(17)18)6-7-11(12)13(16)9-4-2-1-3-5-9;2-1(3,4)8(5,6)7/h1-8H;(H,5,6,7). The van der Waals surface area contributed by atoms with E-state index in [1.165, 1.54) is 18.2 Å². The van der Waals surface area contributed by atoms with Crippen LogP contribution in [0.4, 0.5) is 18.9 Å². The smallest absolute Gasteiger partial charge is 0.289 e. The second-order valence-corrected chi connectivity index (χ2v) is 6.36. The summed E-state index contributed by atoms with van der Waals surface area (Å²) in [4.78, 5) is 22.1. The molecule has 0 spiro atoms. The highest BCUT2D eigenvalue weighted by molar-refractivity contribution is 7.86. The van der Waals surface area contributed by atoms with Crippen molar-refractivity contribution < 1.29 is 35.9 Å². The maximum Gasteiger partial charge on any atom is 0.522 e. The lowest BCUT2D eigenvalue weighted by Crippen LogP contribution is -2.21. The third-order valence-electron chi connectivity index (χ3n) is 2.74. The molecule has 2 aromatic carbocycles. The molecule has 0 aliphatic heterocycles. The number of rotatable bonds is 3. The minimum Gasteiger partial charge on any atom is -0.289 e. The Labute approximate surface area is 149 Å². The molecule has 0 unspecified atom stereocenters. The number of nitrogens with zero attached hydrogens (tertiary/aromatic N) is 1. The van der Waals surface area contributed by atoms with Crippen LogP contribution in [0.2, 0.25) is 5.02 Å². The van der Waals surface area contributed by atoms with Gasteiger partial charge in [0.2, 0.25) is 0 Å². The second-order valence-electron chi connectivity index (χ2n) is 4.54. The van der Waals surface area contributed by atoms with E-state index in [0.717, 1.165) is 0 Å². The van der Waals surface area contributed by atoms with E-state index < -0.39 is 20.5 Å². The predicted octanol–water partition coefficient (Wildman–Crippen LogP) is 3.87. The van der Waals surface area contributed by atoms with Crippen molar-refractivity contribution in [3.8, 4) is 0 Å². The molecule has 0 bridgehead atoms. The lowest BCUT2D eigenvalue weighted by molar-refractivity contribution is -0.384. The van der Waals surface area contributed by atoms with Crippen LogP contribution in [0.5, 0.6) is 0 Å². The van der Waals surface area contributed by atoms with Gasteiger partial charge in [0, 0.05) is 23.3 Å². The van der Waals surface area contributed by atoms with Crippen LogP contribution in [-0.2, 0) is 10.1 Å². The molecule has 0 amide bonds. The van der Waals surface area contributed by atoms with E-state index in [9.17, 15) is 28.1 Å². The summed E-state index contributed by atoms with van der Waals surface area (Å²) in [6.45, 7) is 0. The number of benzene rings is 2. The van der Waals surface area contributed by atoms with Gasteiger partial charge in [0.15, 0.2) is 5.78 Å². The fourth-order valence-electron chi connectivity index (χ4n) is 1.55. The summed E-state index contributed by atoms with van der Waals surface area (Å²) in [5.74, 6) is -0.254. The van der Waals surface area contributed by atoms with Gasteiger partial charge in [0.25, 0.3) is 5.69 Å². The third kappa shape index (κ3) is 5.79. The predicted molar refractivity (Wildman–Crippen MR) is 85.6 cm³/mol. The van der Waals surface area contributed by atoms with Crippen LogP contribution in [0.3, 0.4) is 0 Å². The van der Waals surface area contributed by atoms with Gasteiger partial charge < -0.3 is 0 Å². The van der Waals surface area contributed by atoms with Crippen molar-refractivity contribution in [2.75, 3.05) is 0 Å². The molecule has 0 saturated carbocycles. The molecule has 0 fully saturated rings. The number of hydrogen-bond donors (Lipinski definition) is 1. The van der Waals surface area contributed by atoms with Crippen molar-refractivity contribution in [1.82, 2.24) is 0 Å². The Hall–Kier alpha value is -2.50. The second kappa shape index (κ2) is 8.25. The van der Waals surface area contributed by atoms with Crippen molar-refractivity contribution in [2.45, 2.75) is 5.51 Å². The van der Waals surface area contributed by atoms with Crippen molar-refractivity contribution in [3.63, 3.8) is 0 Å². The van der Waals surface area contributed by atoms with Crippen LogP contribution in [0.15, 0.2) is 48.5 Å². The first-order valence-electron chi connectivity index (χ1n) is 6.42. The average molecular weight is 412 g/mol. The number of ketones is 1. The molecule has 2 rings (SSSR count). The van der Waals surface area contributed by atoms with Crippen LogP contribution in [0.25, 0.3) is 0 Å². The molecule has 1 N–H and O–H groups in total. The maximum atomic E-state index is 12.1. The van der Waals surface area contributed by atoms with E-state index in [1.807, 2.05) is 0 Å². The summed E-state index contributed by atoms with van der Waals surface area (Å²) in [7, 11) is -5.84. The van der Waals surface area contributed by atoms with Crippen molar-refractivity contribution in [1.29, 1.82) is 0 Å². The molecule has 2 aromatic rings. The normalized spacial score (nSPS) is 11.3. The number of alkyl halides is 3. The van der Waals surface area contributed by atoms with E-state index in [2.05, 4.69) is 0 Å². The van der Waals surface area contributed by atoms with Crippen molar-refractivity contribution in [2.24, 2.45) is 0 Å². The van der Waals surface area contributed by atoms with E-state index in [-0.39, 0.29) is 22.1 Å². The van der Waals surface area contributed by atoms with E-state index in [1.54, 1.807) is 30.3 Å². The molecule has 7 nitrogen and oxygen atoms in total. The van der Waals surface area contributed by atoms with Crippen molar-refractivity contribution in [3.05, 3.63) is 74.8 Å². The summed E-state index contributed by atoms with van der Waals surface area (Å²) in [5, 5.41) is 10.6. The number of carbonyl (C=O) groups is 1. The number of hydrogen-bond acceptors (Lipinski definition) is 5. The first-order valence-corrected chi connectivity index (χ1v) is 8.24. The Kier molecular flexibility index (Phi) is 6.84. The monoisotopic (exact) mass is 411 g/mol. The van der Waals surface area contributed by atoms with Gasteiger partial charge in [0.05, 0.1) is 9.95 Å². The fraction of sp³-hybridized carbons (Fsp3) is 0.0714. The largest absolute Gasteiger partial charge is 0.522 e. The number of carbonyl (C=O) groups excluding carboxylic acids is 1. The van der Waals surface area contributed by atoms with Gasteiger partial charge >= 0.3 is 15.6 Å². The molecular formula is C14H9ClF3NO6S. The molecular weight excluding hydrogens is 403 g/mol. The lowest BCUT2D eigenvalue weighted by atomic mass is 10.0. The number of nitro benzene ring substituents is 1. The van der Waals surface area contributed by atoms with E-state index >= 15 is 0 Å². The highest BCUT2D eigenvalue weighted by Crippen LogP contribution is 2.24. The first kappa shape index (κ1) is 21.5. The van der Waals surface area contributed by atoms with Gasteiger partial charge in [-0.1, -0.05) is 41.9 Å². The van der Waals surface area contributed by atoms with Gasteiger partial charge in [-0.25, -0.2) is 0 Å². The topological polar surface area (TPSA) is 115 Å². The molecule has 0 aliphatic carbocycles. The van der Waals surface area contributed by atoms with Gasteiger partial charge in [-0.15, -0.1) is 0 Å². The third-order valence-corrected chi connectivity index (χ3v) is 3.63. The van der Waals surface area contributed by atoms with Gasteiger partial charge in [-0.2, -0.15) is 21.6 Å². The average Bonchev–Trinajstić information content (AvgIpc) is 2.53. The quantitative estimate of drug-likeness (QED) is 0.269. The molecule has 0 aliphatic rings. The molecule has 140 valence electrons. The van der Waals surface area contributed by atoms with E-state index in [0.29, 0.717) is 5.56 Å². The Morgan fingerprint density at radius 3 is 2.00 bits per heavy atom. The summed E-state index contributed by atoms with van der Waals surface area (Å²) >= 11 is 5.89. The van der Waals surface area contributed by atoms with Crippen LogP contribution < -0.4 is 0 Å². The zero-order valence-electron chi connectivity index (χ0n) is 12.5. The zero-order chi connectivity index (χ0) is 20.1. The Morgan fingerprint density at radius 2 is 1.62 bits per heavy atom.